The lowest BCUT2D eigenvalue weighted by Crippen LogP contribution is -2.53. The Bertz CT molecular complexity index is 654. The third-order valence-corrected chi connectivity index (χ3v) is 5.47. The van der Waals surface area contributed by atoms with Gasteiger partial charge in [-0.15, -0.1) is 0 Å². The van der Waals surface area contributed by atoms with Gasteiger partial charge in [-0.05, 0) is 50.4 Å². The van der Waals surface area contributed by atoms with Gasteiger partial charge in [-0.25, -0.2) is 4.39 Å². The van der Waals surface area contributed by atoms with Gasteiger partial charge in [-0.3, -0.25) is 4.79 Å². The summed E-state index contributed by atoms with van der Waals surface area (Å²) in [6.07, 6.45) is 3.89. The highest BCUT2D eigenvalue weighted by atomic mass is 19.1. The van der Waals surface area contributed by atoms with E-state index < -0.39 is 5.41 Å². The van der Waals surface area contributed by atoms with Gasteiger partial charge in [0.1, 0.15) is 11.9 Å². The van der Waals surface area contributed by atoms with Crippen LogP contribution in [0.3, 0.4) is 0 Å². The van der Waals surface area contributed by atoms with Crippen LogP contribution in [0.1, 0.15) is 51.5 Å². The van der Waals surface area contributed by atoms with Crippen molar-refractivity contribution in [2.75, 3.05) is 13.1 Å². The van der Waals surface area contributed by atoms with Gasteiger partial charge in [0.25, 0.3) is 0 Å². The van der Waals surface area contributed by atoms with Gasteiger partial charge in [0.05, 0.1) is 11.1 Å². The molecule has 1 aromatic carbocycles. The van der Waals surface area contributed by atoms with Crippen LogP contribution < -0.4 is 10.6 Å². The summed E-state index contributed by atoms with van der Waals surface area (Å²) in [6, 6.07) is 6.45. The van der Waals surface area contributed by atoms with Crippen LogP contribution in [0, 0.1) is 11.2 Å². The number of benzene rings is 1. The second-order valence-corrected chi connectivity index (χ2v) is 7.52. The van der Waals surface area contributed by atoms with Gasteiger partial charge >= 0.3 is 0 Å². The zero-order valence-corrected chi connectivity index (χ0v) is 15.6. The Hall–Kier alpha value is -1.95. The van der Waals surface area contributed by atoms with Crippen LogP contribution in [0.15, 0.2) is 29.4 Å². The quantitative estimate of drug-likeness (QED) is 0.819. The first kappa shape index (κ1) is 18.8. The molecule has 2 heterocycles. The molecule has 0 unspecified atom stereocenters. The summed E-state index contributed by atoms with van der Waals surface area (Å²) in [6.45, 7) is 5.71. The molecule has 1 aromatic rings. The van der Waals surface area contributed by atoms with Crippen molar-refractivity contribution in [2.24, 2.45) is 10.6 Å². The minimum Gasteiger partial charge on any atom is -0.392 e. The van der Waals surface area contributed by atoms with Crippen LogP contribution in [0.5, 0.6) is 0 Å². The van der Waals surface area contributed by atoms with Crippen molar-refractivity contribution in [3.05, 3.63) is 35.6 Å². The molecule has 26 heavy (non-hydrogen) atoms. The van der Waals surface area contributed by atoms with Crippen molar-refractivity contribution < 1.29 is 14.0 Å². The van der Waals surface area contributed by atoms with Gasteiger partial charge in [0, 0.05) is 25.4 Å². The molecule has 1 amide bonds. The Labute approximate surface area is 154 Å². The topological polar surface area (TPSA) is 62.7 Å². The summed E-state index contributed by atoms with van der Waals surface area (Å²) in [5.74, 6) is -0.156. The number of piperidine rings is 1. The van der Waals surface area contributed by atoms with Crippen molar-refractivity contribution in [1.29, 1.82) is 0 Å². The van der Waals surface area contributed by atoms with E-state index in [4.69, 9.17) is 4.84 Å². The van der Waals surface area contributed by atoms with Crippen molar-refractivity contribution in [2.45, 2.75) is 58.1 Å². The molecule has 0 aliphatic carbocycles. The molecular weight excluding hydrogens is 333 g/mol. The summed E-state index contributed by atoms with van der Waals surface area (Å²) >= 11 is 0. The van der Waals surface area contributed by atoms with E-state index in [0.717, 1.165) is 37.1 Å². The van der Waals surface area contributed by atoms with E-state index >= 15 is 0 Å². The number of nitrogens with one attached hydrogen (secondary N) is 2. The van der Waals surface area contributed by atoms with Crippen molar-refractivity contribution in [1.82, 2.24) is 10.6 Å². The third-order valence-electron chi connectivity index (χ3n) is 5.47. The second kappa shape index (κ2) is 8.16. The number of nitrogens with zero attached hydrogens (tertiary/aromatic N) is 1. The maximum atomic E-state index is 13.1. The SMILES string of the molecule is CC[C@@H](C)NC(=O)[C@@]1(C[C@@H]2CC(c3ccc(F)cc3)=NO2)CCCNC1. The fourth-order valence-electron chi connectivity index (χ4n) is 3.69. The minimum atomic E-state index is -0.458. The first-order valence-electron chi connectivity index (χ1n) is 9.53. The van der Waals surface area contributed by atoms with E-state index in [-0.39, 0.29) is 23.9 Å². The maximum absolute atomic E-state index is 13.1. The average molecular weight is 361 g/mol. The first-order valence-corrected chi connectivity index (χ1v) is 9.53. The highest BCUT2D eigenvalue weighted by Gasteiger charge is 2.43. The van der Waals surface area contributed by atoms with Crippen LogP contribution in [0.2, 0.25) is 0 Å². The largest absolute Gasteiger partial charge is 0.392 e. The molecule has 0 spiro atoms. The lowest BCUT2D eigenvalue weighted by atomic mass is 9.74. The van der Waals surface area contributed by atoms with Gasteiger partial charge in [0.2, 0.25) is 5.91 Å². The second-order valence-electron chi connectivity index (χ2n) is 7.52. The van der Waals surface area contributed by atoms with Crippen LogP contribution >= 0.6 is 0 Å². The third kappa shape index (κ3) is 4.23. The Morgan fingerprint density at radius 3 is 2.88 bits per heavy atom. The molecule has 0 bridgehead atoms. The van der Waals surface area contributed by atoms with Gasteiger partial charge in [0.15, 0.2) is 0 Å². The van der Waals surface area contributed by atoms with Crippen LogP contribution in [0.4, 0.5) is 4.39 Å². The van der Waals surface area contributed by atoms with E-state index in [9.17, 15) is 9.18 Å². The standard InChI is InChI=1S/C20H28FN3O2/c1-3-14(2)23-19(25)20(9-4-10-22-13-20)12-17-11-18(24-26-17)15-5-7-16(21)8-6-15/h5-8,14,17,22H,3-4,9-13H2,1-2H3,(H,23,25)/t14-,17+,20-/m1/s1. The summed E-state index contributed by atoms with van der Waals surface area (Å²) in [5.41, 5.74) is 1.23. The lowest BCUT2D eigenvalue weighted by Gasteiger charge is -2.38. The molecule has 3 atom stereocenters. The summed E-state index contributed by atoms with van der Waals surface area (Å²) in [4.78, 5) is 18.6. The number of hydrogen-bond donors (Lipinski definition) is 2. The molecule has 2 aliphatic rings. The normalized spacial score (nSPS) is 26.7. The number of carbonyl (C=O) groups excluding carboxylic acids is 1. The predicted molar refractivity (Wildman–Crippen MR) is 99.5 cm³/mol. The molecule has 1 fully saturated rings. The molecule has 3 rings (SSSR count). The zero-order chi connectivity index (χ0) is 18.6. The molecule has 2 aliphatic heterocycles. The van der Waals surface area contributed by atoms with Gasteiger partial charge in [-0.2, -0.15) is 0 Å². The van der Waals surface area contributed by atoms with E-state index in [1.54, 1.807) is 12.1 Å². The van der Waals surface area contributed by atoms with Crippen molar-refractivity contribution in [3.63, 3.8) is 0 Å². The number of rotatable bonds is 6. The molecule has 0 aromatic heterocycles. The van der Waals surface area contributed by atoms with Crippen molar-refractivity contribution in [3.8, 4) is 0 Å². The molecule has 6 heteroatoms. The Morgan fingerprint density at radius 2 is 2.23 bits per heavy atom. The molecule has 142 valence electrons. The highest BCUT2D eigenvalue weighted by molar-refractivity contribution is 6.01. The van der Waals surface area contributed by atoms with Gasteiger partial charge in [-0.1, -0.05) is 24.2 Å². The smallest absolute Gasteiger partial charge is 0.227 e. The van der Waals surface area contributed by atoms with Crippen LogP contribution in [0.25, 0.3) is 0 Å². The fraction of sp³-hybridized carbons (Fsp3) is 0.600. The van der Waals surface area contributed by atoms with E-state index in [1.165, 1.54) is 12.1 Å². The average Bonchev–Trinajstić information content (AvgIpc) is 3.11. The van der Waals surface area contributed by atoms with Crippen molar-refractivity contribution >= 4 is 11.6 Å². The Balaban J connectivity index is 1.66. The monoisotopic (exact) mass is 361 g/mol. The molecular formula is C20H28FN3O2. The van der Waals surface area contributed by atoms with Gasteiger partial charge < -0.3 is 15.5 Å². The van der Waals surface area contributed by atoms with Crippen LogP contribution in [-0.4, -0.2) is 36.9 Å². The Kier molecular flexibility index (Phi) is 5.91. The Morgan fingerprint density at radius 1 is 1.46 bits per heavy atom. The maximum Gasteiger partial charge on any atom is 0.227 e. The summed E-state index contributed by atoms with van der Waals surface area (Å²) in [5, 5.41) is 10.7. The number of hydrogen-bond acceptors (Lipinski definition) is 4. The highest BCUT2D eigenvalue weighted by Crippen LogP contribution is 2.35. The predicted octanol–water partition coefficient (Wildman–Crippen LogP) is 2.99. The van der Waals surface area contributed by atoms with E-state index in [2.05, 4.69) is 22.7 Å². The first-order chi connectivity index (χ1) is 12.5. The van der Waals surface area contributed by atoms with E-state index in [1.807, 2.05) is 6.92 Å². The molecule has 5 nitrogen and oxygen atoms in total. The minimum absolute atomic E-state index is 0.109. The summed E-state index contributed by atoms with van der Waals surface area (Å²) < 4.78 is 13.1. The summed E-state index contributed by atoms with van der Waals surface area (Å²) in [7, 11) is 0. The lowest BCUT2D eigenvalue weighted by molar-refractivity contribution is -0.135. The number of carbonyl (C=O) groups is 1. The zero-order valence-electron chi connectivity index (χ0n) is 15.6. The number of halogens is 1. The molecule has 0 saturated carbocycles. The number of amides is 1. The molecule has 0 radical (unpaired) electrons. The van der Waals surface area contributed by atoms with Crippen LogP contribution in [-0.2, 0) is 9.63 Å². The fourth-order valence-corrected chi connectivity index (χ4v) is 3.69. The molecule has 1 saturated heterocycles. The number of oxime groups is 1. The molecule has 2 N–H and O–H groups in total. The van der Waals surface area contributed by atoms with E-state index in [0.29, 0.717) is 19.4 Å².